The Morgan fingerprint density at radius 2 is 1.92 bits per heavy atom. The van der Waals surface area contributed by atoms with Crippen molar-refractivity contribution < 1.29 is 22.1 Å². The predicted octanol–water partition coefficient (Wildman–Crippen LogP) is 2.05. The van der Waals surface area contributed by atoms with Crippen molar-refractivity contribution in [2.45, 2.75) is 62.0 Å². The van der Waals surface area contributed by atoms with Gasteiger partial charge in [-0.05, 0) is 34.1 Å². The van der Waals surface area contributed by atoms with E-state index < -0.39 is 43.9 Å². The van der Waals surface area contributed by atoms with E-state index in [0.29, 0.717) is 6.42 Å². The molecule has 0 saturated heterocycles. The van der Waals surface area contributed by atoms with Gasteiger partial charge in [0.05, 0.1) is 5.54 Å². The third-order valence-corrected chi connectivity index (χ3v) is 4.43. The molecule has 0 aromatic rings. The summed E-state index contributed by atoms with van der Waals surface area (Å²) < 4.78 is 33.9. The lowest BCUT2D eigenvalue weighted by atomic mass is 9.91. The maximum atomic E-state index is 12.4. The molecule has 1 rings (SSSR count). The van der Waals surface area contributed by atoms with E-state index in [-0.39, 0.29) is 5.96 Å². The standard InChI is InChI=1S/C13H22Cl3N3O5S/c1-6-12(5)8(9(20)24-11(2,3)4)17-10(18-12)19-25(21,22)23-7-13(14,15)16/h8H,6-7H2,1-5H3,(H2,17,18,19)/t8-,12-/m1/s1. The molecule has 25 heavy (non-hydrogen) atoms. The first-order valence-electron chi connectivity index (χ1n) is 7.40. The summed E-state index contributed by atoms with van der Waals surface area (Å²) in [6.07, 6.45) is 0.487. The molecule has 0 fully saturated rings. The minimum atomic E-state index is -4.29. The van der Waals surface area contributed by atoms with Crippen LogP contribution in [0, 0.1) is 0 Å². The van der Waals surface area contributed by atoms with Crippen molar-refractivity contribution in [2.75, 3.05) is 6.61 Å². The summed E-state index contributed by atoms with van der Waals surface area (Å²) in [5.41, 5.74) is -1.52. The Morgan fingerprint density at radius 3 is 2.36 bits per heavy atom. The third-order valence-electron chi connectivity index (χ3n) is 3.23. The molecule has 0 saturated carbocycles. The normalized spacial score (nSPS) is 24.5. The number of hydrogen-bond donors (Lipinski definition) is 2. The Bertz CT molecular complexity index is 642. The van der Waals surface area contributed by atoms with Crippen LogP contribution in [-0.2, 0) is 24.0 Å². The van der Waals surface area contributed by atoms with Gasteiger partial charge in [-0.25, -0.2) is 18.7 Å². The van der Waals surface area contributed by atoms with Gasteiger partial charge in [0.25, 0.3) is 0 Å². The summed E-state index contributed by atoms with van der Waals surface area (Å²) in [6, 6.07) is -0.928. The number of halogens is 3. The van der Waals surface area contributed by atoms with Gasteiger partial charge in [0.2, 0.25) is 9.75 Å². The lowest BCUT2D eigenvalue weighted by Gasteiger charge is -2.30. The molecular formula is C13H22Cl3N3O5S. The summed E-state index contributed by atoms with van der Waals surface area (Å²) >= 11 is 16.4. The molecule has 12 heteroatoms. The number of nitrogens with zero attached hydrogens (tertiary/aromatic N) is 1. The minimum absolute atomic E-state index is 0.149. The quantitative estimate of drug-likeness (QED) is 0.502. The molecule has 2 N–H and O–H groups in total. The Labute approximate surface area is 162 Å². The van der Waals surface area contributed by atoms with Gasteiger partial charge in [-0.15, -0.1) is 0 Å². The highest BCUT2D eigenvalue weighted by Crippen LogP contribution is 2.27. The van der Waals surface area contributed by atoms with Gasteiger partial charge in [0, 0.05) is 0 Å². The number of esters is 1. The average Bonchev–Trinajstić information content (AvgIpc) is 2.71. The second-order valence-electron chi connectivity index (χ2n) is 6.74. The number of alkyl halides is 3. The fourth-order valence-electron chi connectivity index (χ4n) is 1.94. The van der Waals surface area contributed by atoms with Crippen LogP contribution in [0.5, 0.6) is 0 Å². The van der Waals surface area contributed by atoms with Crippen LogP contribution in [0.3, 0.4) is 0 Å². The molecule has 0 aromatic heterocycles. The van der Waals surface area contributed by atoms with Crippen molar-refractivity contribution in [3.8, 4) is 0 Å². The van der Waals surface area contributed by atoms with Crippen LogP contribution in [0.15, 0.2) is 4.99 Å². The summed E-state index contributed by atoms with van der Waals surface area (Å²) in [5.74, 6) is -0.717. The SMILES string of the molecule is CC[C@@]1(C)NC(NS(=O)(=O)OCC(Cl)(Cl)Cl)=N[C@@H]1C(=O)OC(C)(C)C. The van der Waals surface area contributed by atoms with Crippen LogP contribution in [0.2, 0.25) is 0 Å². The van der Waals surface area contributed by atoms with Gasteiger partial charge in [0.15, 0.2) is 6.04 Å². The molecule has 2 atom stereocenters. The monoisotopic (exact) mass is 437 g/mol. The highest BCUT2D eigenvalue weighted by atomic mass is 35.6. The van der Waals surface area contributed by atoms with Crippen molar-refractivity contribution in [1.29, 1.82) is 0 Å². The van der Waals surface area contributed by atoms with Crippen LogP contribution in [-0.4, -0.2) is 47.9 Å². The number of rotatable bonds is 5. The fourth-order valence-corrected chi connectivity index (χ4v) is 3.03. The van der Waals surface area contributed by atoms with Gasteiger partial charge in [-0.2, -0.15) is 8.42 Å². The van der Waals surface area contributed by atoms with Crippen LogP contribution in [0.4, 0.5) is 0 Å². The first-order chi connectivity index (χ1) is 11.1. The van der Waals surface area contributed by atoms with Crippen LogP contribution < -0.4 is 10.0 Å². The average molecular weight is 439 g/mol. The van der Waals surface area contributed by atoms with E-state index in [1.807, 2.05) is 6.92 Å². The van der Waals surface area contributed by atoms with Crippen molar-refractivity contribution in [3.63, 3.8) is 0 Å². The van der Waals surface area contributed by atoms with Gasteiger partial charge >= 0.3 is 16.3 Å². The van der Waals surface area contributed by atoms with E-state index in [9.17, 15) is 13.2 Å². The molecule has 0 unspecified atom stereocenters. The molecule has 0 amide bonds. The van der Waals surface area contributed by atoms with Crippen molar-refractivity contribution in [3.05, 3.63) is 0 Å². The molecule has 1 aliphatic rings. The Morgan fingerprint density at radius 1 is 1.36 bits per heavy atom. The number of hydrogen-bond acceptors (Lipinski definition) is 7. The molecule has 0 radical (unpaired) electrons. The lowest BCUT2D eigenvalue weighted by Crippen LogP contribution is -2.53. The minimum Gasteiger partial charge on any atom is -0.458 e. The summed E-state index contributed by atoms with van der Waals surface area (Å²) in [4.78, 5) is 16.5. The van der Waals surface area contributed by atoms with Crippen LogP contribution in [0.25, 0.3) is 0 Å². The second kappa shape index (κ2) is 7.64. The highest BCUT2D eigenvalue weighted by molar-refractivity contribution is 7.85. The maximum Gasteiger partial charge on any atom is 0.362 e. The molecule has 1 heterocycles. The summed E-state index contributed by atoms with van der Waals surface area (Å²) in [5, 5.41) is 2.87. The molecule has 8 nitrogen and oxygen atoms in total. The smallest absolute Gasteiger partial charge is 0.362 e. The van der Waals surface area contributed by atoms with Gasteiger partial charge in [-0.3, -0.25) is 0 Å². The molecule has 0 aromatic carbocycles. The van der Waals surface area contributed by atoms with E-state index in [1.165, 1.54) is 0 Å². The van der Waals surface area contributed by atoms with Gasteiger partial charge in [0.1, 0.15) is 12.2 Å². The highest BCUT2D eigenvalue weighted by Gasteiger charge is 2.46. The number of guanidine groups is 1. The number of ether oxygens (including phenoxy) is 1. The summed E-state index contributed by atoms with van der Waals surface area (Å²) in [6.45, 7) is 8.07. The molecule has 0 bridgehead atoms. The van der Waals surface area contributed by atoms with E-state index in [0.717, 1.165) is 0 Å². The molecule has 0 spiro atoms. The maximum absolute atomic E-state index is 12.4. The lowest BCUT2D eigenvalue weighted by molar-refractivity contribution is -0.157. The van der Waals surface area contributed by atoms with Gasteiger partial charge in [-0.1, -0.05) is 41.7 Å². The third kappa shape index (κ3) is 7.34. The zero-order chi connectivity index (χ0) is 19.7. The van der Waals surface area contributed by atoms with Crippen LogP contribution in [0.1, 0.15) is 41.0 Å². The molecule has 146 valence electrons. The topological polar surface area (TPSA) is 106 Å². The number of carbonyl (C=O) groups excluding carboxylic acids is 1. The van der Waals surface area contributed by atoms with Crippen molar-refractivity contribution in [2.24, 2.45) is 4.99 Å². The number of nitrogens with one attached hydrogen (secondary N) is 2. The van der Waals surface area contributed by atoms with E-state index in [4.69, 9.17) is 39.5 Å². The van der Waals surface area contributed by atoms with Gasteiger partial charge < -0.3 is 10.1 Å². The first-order valence-corrected chi connectivity index (χ1v) is 9.94. The predicted molar refractivity (Wildman–Crippen MR) is 97.2 cm³/mol. The molecular weight excluding hydrogens is 417 g/mol. The second-order valence-corrected chi connectivity index (χ2v) is 10.6. The first kappa shape index (κ1) is 22.6. The Kier molecular flexibility index (Phi) is 6.89. The fraction of sp³-hybridized carbons (Fsp3) is 0.846. The molecule has 0 aliphatic carbocycles. The Hall–Kier alpha value is -0.480. The van der Waals surface area contributed by atoms with E-state index in [1.54, 1.807) is 27.7 Å². The van der Waals surface area contributed by atoms with Crippen molar-refractivity contribution >= 4 is 57.0 Å². The van der Waals surface area contributed by atoms with E-state index in [2.05, 4.69) is 19.2 Å². The Balaban J connectivity index is 2.91. The number of carbonyl (C=O) groups is 1. The largest absolute Gasteiger partial charge is 0.458 e. The van der Waals surface area contributed by atoms with Crippen LogP contribution >= 0.6 is 34.8 Å². The summed E-state index contributed by atoms with van der Waals surface area (Å²) in [7, 11) is -4.29. The van der Waals surface area contributed by atoms with E-state index >= 15 is 0 Å². The molecule has 1 aliphatic heterocycles. The zero-order valence-electron chi connectivity index (χ0n) is 14.5. The number of aliphatic imine (C=N–C) groups is 1. The zero-order valence-corrected chi connectivity index (χ0v) is 17.6. The van der Waals surface area contributed by atoms with Crippen molar-refractivity contribution in [1.82, 2.24) is 10.0 Å².